The van der Waals surface area contributed by atoms with Crippen molar-refractivity contribution in [3.8, 4) is 5.69 Å². The Hall–Kier alpha value is -1.72. The third kappa shape index (κ3) is 4.13. The van der Waals surface area contributed by atoms with E-state index in [9.17, 15) is 9.59 Å². The van der Waals surface area contributed by atoms with E-state index in [1.54, 1.807) is 29.1 Å². The summed E-state index contributed by atoms with van der Waals surface area (Å²) < 4.78 is 3.50. The number of hydrogen-bond acceptors (Lipinski definition) is 2. The van der Waals surface area contributed by atoms with Crippen LogP contribution in [0.25, 0.3) is 5.69 Å². The van der Waals surface area contributed by atoms with E-state index in [0.717, 1.165) is 49.9 Å². The van der Waals surface area contributed by atoms with Crippen LogP contribution < -0.4 is 10.9 Å². The summed E-state index contributed by atoms with van der Waals surface area (Å²) in [4.78, 5) is 27.3. The molecule has 1 heterocycles. The summed E-state index contributed by atoms with van der Waals surface area (Å²) in [6.45, 7) is 0.707. The Labute approximate surface area is 210 Å². The number of benzene rings is 1. The van der Waals surface area contributed by atoms with Crippen molar-refractivity contribution in [2.75, 3.05) is 0 Å². The molecule has 7 rings (SSSR count). The van der Waals surface area contributed by atoms with Crippen LogP contribution in [0.15, 0.2) is 29.2 Å². The maximum Gasteiger partial charge on any atom is 0.284 e. The lowest BCUT2D eigenvalue weighted by Gasteiger charge is -2.56. The summed E-state index contributed by atoms with van der Waals surface area (Å²) in [6.07, 6.45) is 14.9. The molecule has 5 aliphatic carbocycles. The zero-order chi connectivity index (χ0) is 23.4. The lowest BCUT2D eigenvalue weighted by atomic mass is 9.53. The number of amides is 1. The van der Waals surface area contributed by atoms with Gasteiger partial charge in [-0.05, 0) is 93.2 Å². The predicted octanol–water partition coefficient (Wildman–Crippen LogP) is 6.22. The molecule has 0 saturated heterocycles. The van der Waals surface area contributed by atoms with Gasteiger partial charge in [-0.15, -0.1) is 0 Å². The second kappa shape index (κ2) is 8.74. The fourth-order valence-corrected chi connectivity index (χ4v) is 8.38. The Morgan fingerprint density at radius 1 is 1.00 bits per heavy atom. The zero-order valence-corrected chi connectivity index (χ0v) is 21.1. The van der Waals surface area contributed by atoms with Gasteiger partial charge in [-0.2, -0.15) is 0 Å². The Balaban J connectivity index is 1.34. The number of carbonyl (C=O) groups excluding carboxylic acids is 1. The van der Waals surface area contributed by atoms with E-state index in [0.29, 0.717) is 28.2 Å². The van der Waals surface area contributed by atoms with Gasteiger partial charge >= 0.3 is 0 Å². The maximum atomic E-state index is 13.7. The molecule has 5 fully saturated rings. The Morgan fingerprint density at radius 3 is 2.26 bits per heavy atom. The molecule has 5 aliphatic rings. The van der Waals surface area contributed by atoms with E-state index in [2.05, 4.69) is 5.32 Å². The first kappa shape index (κ1) is 22.7. The molecule has 1 aromatic heterocycles. The van der Waals surface area contributed by atoms with Crippen molar-refractivity contribution >= 4 is 29.1 Å². The van der Waals surface area contributed by atoms with E-state index in [1.165, 1.54) is 38.5 Å². The molecular weight excluding hydrogens is 469 g/mol. The van der Waals surface area contributed by atoms with Crippen molar-refractivity contribution in [2.24, 2.45) is 23.7 Å². The molecule has 1 aromatic carbocycles. The molecule has 34 heavy (non-hydrogen) atoms. The van der Waals surface area contributed by atoms with Crippen LogP contribution in [-0.4, -0.2) is 20.8 Å². The largest absolute Gasteiger partial charge is 0.346 e. The lowest BCUT2D eigenvalue weighted by molar-refractivity contribution is -0.0167. The monoisotopic (exact) mass is 501 g/mol. The smallest absolute Gasteiger partial charge is 0.284 e. The molecule has 0 atom stereocenters. The molecule has 2 aromatic rings. The summed E-state index contributed by atoms with van der Waals surface area (Å²) in [5.74, 6) is 2.45. The lowest BCUT2D eigenvalue weighted by Crippen LogP contribution is -2.60. The normalized spacial score (nSPS) is 30.6. The van der Waals surface area contributed by atoms with Crippen LogP contribution in [0.5, 0.6) is 0 Å². The quantitative estimate of drug-likeness (QED) is 0.528. The summed E-state index contributed by atoms with van der Waals surface area (Å²) >= 11 is 12.7. The molecule has 1 amide bonds. The Morgan fingerprint density at radius 2 is 1.65 bits per heavy atom. The highest BCUT2D eigenvalue weighted by Gasteiger charge is 2.51. The van der Waals surface area contributed by atoms with Gasteiger partial charge in [0.2, 0.25) is 0 Å². The highest BCUT2D eigenvalue weighted by atomic mass is 35.5. The van der Waals surface area contributed by atoms with Crippen molar-refractivity contribution in [3.05, 3.63) is 50.4 Å². The molecule has 5 saturated carbocycles. The third-order valence-corrected chi connectivity index (χ3v) is 9.47. The third-order valence-electron chi connectivity index (χ3n) is 8.93. The molecule has 5 nitrogen and oxygen atoms in total. The Bertz CT molecular complexity index is 1130. The second-order valence-corrected chi connectivity index (χ2v) is 12.4. The highest BCUT2D eigenvalue weighted by molar-refractivity contribution is 6.35. The van der Waals surface area contributed by atoms with Gasteiger partial charge in [-0.25, -0.2) is 4.68 Å². The van der Waals surface area contributed by atoms with Gasteiger partial charge in [0, 0.05) is 23.3 Å². The van der Waals surface area contributed by atoms with E-state index in [4.69, 9.17) is 23.2 Å². The summed E-state index contributed by atoms with van der Waals surface area (Å²) in [5.41, 5.74) is 0.354. The molecule has 182 valence electrons. The molecule has 0 spiro atoms. The van der Waals surface area contributed by atoms with E-state index >= 15 is 0 Å². The van der Waals surface area contributed by atoms with Crippen LogP contribution in [-0.2, 0) is 6.54 Å². The number of aromatic nitrogens is 2. The summed E-state index contributed by atoms with van der Waals surface area (Å²) in [6, 6.07) is 5.16. The number of hydrogen-bond donors (Lipinski definition) is 1. The van der Waals surface area contributed by atoms with Gasteiger partial charge < -0.3 is 5.32 Å². The van der Waals surface area contributed by atoms with Crippen molar-refractivity contribution in [2.45, 2.75) is 82.7 Å². The van der Waals surface area contributed by atoms with Crippen LogP contribution in [0.2, 0.25) is 10.0 Å². The number of carbonyl (C=O) groups is 1. The van der Waals surface area contributed by atoms with Crippen LogP contribution in [0.3, 0.4) is 0 Å². The fourth-order valence-electron chi connectivity index (χ4n) is 7.89. The van der Waals surface area contributed by atoms with Gasteiger partial charge in [0.15, 0.2) is 0 Å². The molecule has 1 N–H and O–H groups in total. The van der Waals surface area contributed by atoms with Crippen molar-refractivity contribution in [1.82, 2.24) is 14.7 Å². The molecular formula is C27H33Cl2N3O2. The van der Waals surface area contributed by atoms with E-state index in [-0.39, 0.29) is 22.6 Å². The first-order valence-electron chi connectivity index (χ1n) is 13.0. The molecule has 0 aliphatic heterocycles. The van der Waals surface area contributed by atoms with Gasteiger partial charge in [0.1, 0.15) is 5.56 Å². The molecule has 0 unspecified atom stereocenters. The standard InChI is InChI=1S/C27H33Cl2N3O2/c28-21-6-7-24(23(29)11-21)32-26(34)22(16-31(32)15-17-4-2-1-3-5-17)25(33)30-27-12-18-8-19(13-27)10-20(9-18)14-27/h6-7,11,16-20H,1-5,8-10,12-15H2,(H,30,33). The van der Waals surface area contributed by atoms with Gasteiger partial charge in [0.25, 0.3) is 11.5 Å². The minimum absolute atomic E-state index is 0.132. The maximum absolute atomic E-state index is 13.7. The van der Waals surface area contributed by atoms with Gasteiger partial charge in [0.05, 0.1) is 10.7 Å². The predicted molar refractivity (Wildman–Crippen MR) is 135 cm³/mol. The van der Waals surface area contributed by atoms with Crippen LogP contribution >= 0.6 is 23.2 Å². The number of nitrogens with one attached hydrogen (secondary N) is 1. The topological polar surface area (TPSA) is 56.0 Å². The fraction of sp³-hybridized carbons (Fsp3) is 0.630. The van der Waals surface area contributed by atoms with E-state index < -0.39 is 0 Å². The molecule has 4 bridgehead atoms. The number of rotatable bonds is 5. The van der Waals surface area contributed by atoms with Crippen molar-refractivity contribution in [3.63, 3.8) is 0 Å². The van der Waals surface area contributed by atoms with Gasteiger partial charge in [-0.3, -0.25) is 14.3 Å². The number of halogens is 2. The average Bonchev–Trinajstić information content (AvgIpc) is 3.09. The SMILES string of the molecule is O=C(NC12CC3CC(CC(C3)C1)C2)c1cn(CC2CCCCC2)n(-c2ccc(Cl)cc2Cl)c1=O. The molecule has 7 heteroatoms. The van der Waals surface area contributed by atoms with Crippen LogP contribution in [0.4, 0.5) is 0 Å². The summed E-state index contributed by atoms with van der Waals surface area (Å²) in [7, 11) is 0. The first-order chi connectivity index (χ1) is 16.4. The highest BCUT2D eigenvalue weighted by Crippen LogP contribution is 2.55. The first-order valence-corrected chi connectivity index (χ1v) is 13.8. The van der Waals surface area contributed by atoms with Gasteiger partial charge in [-0.1, -0.05) is 42.5 Å². The number of nitrogens with zero attached hydrogens (tertiary/aromatic N) is 2. The Kier molecular flexibility index (Phi) is 5.84. The zero-order valence-electron chi connectivity index (χ0n) is 19.6. The van der Waals surface area contributed by atoms with Crippen LogP contribution in [0, 0.1) is 23.7 Å². The van der Waals surface area contributed by atoms with E-state index in [1.807, 2.05) is 4.68 Å². The summed E-state index contributed by atoms with van der Waals surface area (Å²) in [5, 5.41) is 4.31. The average molecular weight is 502 g/mol. The van der Waals surface area contributed by atoms with Crippen molar-refractivity contribution < 1.29 is 4.79 Å². The second-order valence-electron chi connectivity index (χ2n) is 11.5. The molecule has 0 radical (unpaired) electrons. The van der Waals surface area contributed by atoms with Crippen molar-refractivity contribution in [1.29, 1.82) is 0 Å². The minimum Gasteiger partial charge on any atom is -0.346 e. The van der Waals surface area contributed by atoms with Crippen LogP contribution in [0.1, 0.15) is 81.0 Å². The minimum atomic E-state index is -0.303.